The number of hydrogen-bond donors (Lipinski definition) is 0. The van der Waals surface area contributed by atoms with E-state index in [1.165, 1.54) is 0 Å². The van der Waals surface area contributed by atoms with Gasteiger partial charge in [0.15, 0.2) is 0 Å². The smallest absolute Gasteiger partial charge is 0.758 e. The van der Waals surface area contributed by atoms with Gasteiger partial charge in [0.25, 0.3) is 0 Å². The zero-order chi connectivity index (χ0) is 71.5. The number of para-hydroxylation sites is 6. The number of rotatable bonds is 22. The summed E-state index contributed by atoms with van der Waals surface area (Å²) in [4.78, 5) is 4.39. The van der Waals surface area contributed by atoms with Crippen LogP contribution in [0.3, 0.4) is 0 Å². The molecule has 0 heterocycles. The first-order chi connectivity index (χ1) is 43.2. The minimum absolute atomic E-state index is 0. The summed E-state index contributed by atoms with van der Waals surface area (Å²) in [6.45, 7) is 54.6. The summed E-state index contributed by atoms with van der Waals surface area (Å²) in [7, 11) is -1.06. The summed E-state index contributed by atoms with van der Waals surface area (Å²) < 4.78 is 8.96. The molecule has 4 radical (unpaired) electrons. The van der Waals surface area contributed by atoms with Crippen LogP contribution in [0.5, 0.6) is 0 Å². The Labute approximate surface area is 655 Å². The fourth-order valence-electron chi connectivity index (χ4n) is 9.90. The Morgan fingerprint density at radius 1 is 0.240 bits per heavy atom. The van der Waals surface area contributed by atoms with Crippen LogP contribution in [0.4, 0.5) is 34.1 Å². The normalized spacial score (nSPS) is 12.1. The Morgan fingerprint density at radius 3 is 0.448 bits per heavy atom. The molecule has 0 amide bonds. The van der Waals surface area contributed by atoms with E-state index in [9.17, 15) is 31.2 Å². The second-order valence-electron chi connectivity index (χ2n) is 30.9. The third-order valence-corrected chi connectivity index (χ3v) is 21.3. The molecule has 0 bridgehead atoms. The van der Waals surface area contributed by atoms with Gasteiger partial charge in [0.1, 0.15) is 0 Å². The van der Waals surface area contributed by atoms with Crippen LogP contribution in [0.25, 0.3) is 9.30 Å². The van der Waals surface area contributed by atoms with Gasteiger partial charge in [-0.25, -0.2) is 0 Å². The van der Waals surface area contributed by atoms with Crippen LogP contribution in [-0.4, -0.2) is 78.9 Å². The van der Waals surface area contributed by atoms with Crippen molar-refractivity contribution in [2.75, 3.05) is 30.4 Å². The van der Waals surface area contributed by atoms with Gasteiger partial charge in [0.05, 0.1) is 0 Å². The molecular formula is C74H114Ce2N10O6Si4. The van der Waals surface area contributed by atoms with Crippen LogP contribution < -0.4 is 30.4 Å². The van der Waals surface area contributed by atoms with Gasteiger partial charge < -0.3 is 70.9 Å². The monoisotopic (exact) mass is 1630 g/mol. The molecule has 6 rings (SSSR count). The molecule has 0 unspecified atom stereocenters. The van der Waals surface area contributed by atoms with Crippen LogP contribution >= 0.6 is 0 Å². The van der Waals surface area contributed by atoms with Crippen molar-refractivity contribution in [1.82, 2.24) is 9.80 Å². The van der Waals surface area contributed by atoms with Crippen LogP contribution in [0, 0.1) is 115 Å². The summed E-state index contributed by atoms with van der Waals surface area (Å²) in [6, 6.07) is 45.8. The molecule has 0 aromatic heterocycles. The molecule has 22 heteroatoms. The molecule has 16 nitrogen and oxygen atoms in total. The Hall–Kier alpha value is -2.66. The molecule has 0 aliphatic rings. The third kappa shape index (κ3) is 30.9. The van der Waals surface area contributed by atoms with Crippen molar-refractivity contribution in [3.63, 3.8) is 0 Å². The van der Waals surface area contributed by atoms with Gasteiger partial charge in [-0.05, 0) is 194 Å². The summed E-state index contributed by atoms with van der Waals surface area (Å²) in [6.07, 6.45) is 0. The molecule has 0 N–H and O–H groups in total. The summed E-state index contributed by atoms with van der Waals surface area (Å²) in [5.74, 6) is 0. The van der Waals surface area contributed by atoms with E-state index in [-0.39, 0.29) is 119 Å². The van der Waals surface area contributed by atoms with Crippen molar-refractivity contribution in [1.29, 1.82) is 0 Å². The number of anilines is 6. The Kier molecular flexibility index (Phi) is 38.9. The van der Waals surface area contributed by atoms with E-state index in [1.807, 2.05) is 270 Å². The van der Waals surface area contributed by atoms with Crippen LogP contribution in [0.2, 0.25) is 52.4 Å². The number of nitrogens with zero attached hydrogens (tertiary/aromatic N) is 10. The Balaban J connectivity index is 0.000000785. The molecule has 0 saturated heterocycles. The standard InChI is InChI=1S/2C33H45N4O3.2C4H12NSi2.2Ce/c2*1-31(2,3)35(38)28-19-13-10-16-25(28)22-34(23-26-17-11-14-20-29(26)36(39)32(4,5)6)24-27-18-12-15-21-30(27)37(40)33(7,8)9;2*1-6(2)5-7(3)4;;/h2*10-21H,22-24H2,1-9H3;2*1-4H3;;/q2*-3;2*-1;2*+4. The minimum atomic E-state index is -0.605. The van der Waals surface area contributed by atoms with Crippen LogP contribution in [-0.2, 0) is 39.3 Å². The van der Waals surface area contributed by atoms with E-state index in [2.05, 4.69) is 71.5 Å². The summed E-state index contributed by atoms with van der Waals surface area (Å²) in [5.41, 5.74) is 5.33. The SMILES string of the molecule is CC(C)(C)N([O-])c1ccccc1CN(Cc1ccccc1N([O-])C(C)(C)C)Cc1ccccc1N([O-])C(C)(C)C.CC(C)(C)N([O-])c1ccccc1CN(Cc1ccccc1N([O-])C(C)(C)C)Cc1ccccc1N([O-])C(C)(C)C.C[Si](C)[N-][Si](C)C.C[Si](C)[N-][Si](C)C.[Ce+4].[Ce+4]. The largest absolute Gasteiger partial charge is 4.00 e. The van der Waals surface area contributed by atoms with Crippen LogP contribution in [0.15, 0.2) is 146 Å². The number of hydrogen-bond acceptors (Lipinski definition) is 14. The Morgan fingerprint density at radius 2 is 0.354 bits per heavy atom. The molecule has 0 spiro atoms. The third-order valence-electron chi connectivity index (χ3n) is 14.2. The average molecular weight is 1630 g/mol. The molecule has 0 fully saturated rings. The molecule has 0 atom stereocenters. The fraction of sp³-hybridized carbons (Fsp3) is 0.514. The maximum atomic E-state index is 13.3. The van der Waals surface area contributed by atoms with E-state index in [4.69, 9.17) is 0 Å². The summed E-state index contributed by atoms with van der Waals surface area (Å²) in [5, 5.41) is 86.1. The zero-order valence-corrected chi connectivity index (χ0v) is 73.3. The average Bonchev–Trinajstić information content (AvgIpc) is 0.823. The molecule has 6 aromatic rings. The maximum absolute atomic E-state index is 13.3. The minimum Gasteiger partial charge on any atom is -0.758 e. The van der Waals surface area contributed by atoms with E-state index in [0.717, 1.165) is 63.8 Å². The first-order valence-electron chi connectivity index (χ1n) is 32.7. The number of hydroxylamine groups is 6. The first kappa shape index (κ1) is 91.4. The maximum Gasteiger partial charge on any atom is 4.00 e. The second-order valence-corrected chi connectivity index (χ2v) is 40.2. The van der Waals surface area contributed by atoms with Crippen molar-refractivity contribution >= 4 is 70.0 Å². The van der Waals surface area contributed by atoms with Gasteiger partial charge in [0.2, 0.25) is 0 Å². The van der Waals surface area contributed by atoms with E-state index in [1.54, 1.807) is 0 Å². The number of benzene rings is 6. The first-order valence-corrected chi connectivity index (χ1v) is 42.4. The van der Waals surface area contributed by atoms with Gasteiger partial charge in [-0.15, -0.1) is 0 Å². The van der Waals surface area contributed by atoms with Gasteiger partial charge in [0, 0.05) is 107 Å². The van der Waals surface area contributed by atoms with Gasteiger partial charge >= 0.3 is 83.5 Å². The molecule has 0 aliphatic carbocycles. The van der Waals surface area contributed by atoms with E-state index in [0.29, 0.717) is 73.4 Å². The quantitative estimate of drug-likeness (QED) is 0.0460. The van der Waals surface area contributed by atoms with E-state index >= 15 is 0 Å². The van der Waals surface area contributed by atoms with Gasteiger partial charge in [-0.2, -0.15) is 0 Å². The summed E-state index contributed by atoms with van der Waals surface area (Å²) >= 11 is 0. The van der Waals surface area contributed by atoms with Gasteiger partial charge in [-0.1, -0.05) is 197 Å². The molecule has 0 saturated carbocycles. The second kappa shape index (κ2) is 40.8. The predicted octanol–water partition coefficient (Wildman–Crippen LogP) is 20.1. The molecular weight excluding hydrogens is 1520 g/mol. The van der Waals surface area contributed by atoms with Gasteiger partial charge in [-0.3, -0.25) is 9.80 Å². The van der Waals surface area contributed by atoms with Crippen molar-refractivity contribution in [3.8, 4) is 0 Å². The topological polar surface area (TPSA) is 192 Å². The predicted molar refractivity (Wildman–Crippen MR) is 415 cm³/mol. The van der Waals surface area contributed by atoms with Crippen LogP contribution in [0.1, 0.15) is 158 Å². The van der Waals surface area contributed by atoms with Crippen molar-refractivity contribution in [2.24, 2.45) is 0 Å². The molecule has 520 valence electrons. The molecule has 6 aromatic carbocycles. The molecule has 96 heavy (non-hydrogen) atoms. The van der Waals surface area contributed by atoms with Crippen molar-refractivity contribution in [3.05, 3.63) is 220 Å². The van der Waals surface area contributed by atoms with E-state index < -0.39 is 33.2 Å². The Bertz CT molecular complexity index is 2670. The zero-order valence-electron chi connectivity index (χ0n) is 63.0. The van der Waals surface area contributed by atoms with Crippen molar-refractivity contribution in [2.45, 2.75) is 250 Å². The fourth-order valence-corrected chi connectivity index (χ4v) is 17.1. The molecule has 0 aliphatic heterocycles. The van der Waals surface area contributed by atoms with Crippen molar-refractivity contribution < 1.29 is 83.5 Å².